The lowest BCUT2D eigenvalue weighted by atomic mass is 10.1. The number of aryl methyl sites for hydroxylation is 1. The van der Waals surface area contributed by atoms with Gasteiger partial charge in [-0.1, -0.05) is 6.07 Å². The third-order valence-electron chi connectivity index (χ3n) is 2.79. The van der Waals surface area contributed by atoms with Crippen LogP contribution in [0.2, 0.25) is 0 Å². The van der Waals surface area contributed by atoms with Gasteiger partial charge in [-0.05, 0) is 37.5 Å². The van der Waals surface area contributed by atoms with Gasteiger partial charge in [0, 0.05) is 0 Å². The van der Waals surface area contributed by atoms with Gasteiger partial charge in [-0.25, -0.2) is 4.79 Å². The molecule has 1 aromatic carbocycles. The van der Waals surface area contributed by atoms with E-state index in [0.29, 0.717) is 25.2 Å². The molecule has 2 rings (SSSR count). The minimum Gasteiger partial charge on any atom is -0.504 e. The van der Waals surface area contributed by atoms with Crippen LogP contribution in [0.3, 0.4) is 0 Å². The average Bonchev–Trinajstić information content (AvgIpc) is 2.69. The number of hydrogen-bond acceptors (Lipinski definition) is 5. The van der Waals surface area contributed by atoms with E-state index in [1.54, 1.807) is 18.2 Å². The number of nitrogens with one attached hydrogen (secondary N) is 1. The van der Waals surface area contributed by atoms with Gasteiger partial charge in [0.2, 0.25) is 0 Å². The zero-order chi connectivity index (χ0) is 13.8. The molecule has 6 heteroatoms. The van der Waals surface area contributed by atoms with Crippen molar-refractivity contribution in [1.29, 1.82) is 0 Å². The summed E-state index contributed by atoms with van der Waals surface area (Å²) in [5.41, 5.74) is 0.900. The predicted molar refractivity (Wildman–Crippen MR) is 66.0 cm³/mol. The van der Waals surface area contributed by atoms with E-state index >= 15 is 0 Å². The van der Waals surface area contributed by atoms with Gasteiger partial charge in [0.25, 0.3) is 5.91 Å². The maximum atomic E-state index is 11.3. The Balaban J connectivity index is 1.98. The highest BCUT2D eigenvalue weighted by Gasteiger charge is 2.31. The molecule has 0 aromatic heterocycles. The van der Waals surface area contributed by atoms with E-state index in [-0.39, 0.29) is 5.75 Å². The summed E-state index contributed by atoms with van der Waals surface area (Å²) in [6.07, 6.45) is -0.493. The molecule has 0 aliphatic carbocycles. The topological polar surface area (TPSA) is 84.9 Å². The summed E-state index contributed by atoms with van der Waals surface area (Å²) >= 11 is 0. The molecule has 1 fully saturated rings. The van der Waals surface area contributed by atoms with Gasteiger partial charge in [0.15, 0.2) is 17.6 Å². The van der Waals surface area contributed by atoms with Crippen LogP contribution in [0.25, 0.3) is 0 Å². The Hall–Kier alpha value is -2.24. The Bertz CT molecular complexity index is 500. The second-order valence-corrected chi connectivity index (χ2v) is 4.16. The minimum atomic E-state index is -0.739. The van der Waals surface area contributed by atoms with E-state index in [4.69, 9.17) is 9.47 Å². The first-order chi connectivity index (χ1) is 9.10. The summed E-state index contributed by atoms with van der Waals surface area (Å²) in [6.45, 7) is 2.29. The number of aromatic hydroxyl groups is 1. The van der Waals surface area contributed by atoms with E-state index in [2.05, 4.69) is 5.32 Å². The predicted octanol–water partition coefficient (Wildman–Crippen LogP) is 1.36. The van der Waals surface area contributed by atoms with Crippen molar-refractivity contribution in [3.8, 4) is 11.5 Å². The number of hydrogen-bond donors (Lipinski definition) is 2. The summed E-state index contributed by atoms with van der Waals surface area (Å²) in [6, 6.07) is 5.00. The number of rotatable bonds is 5. The molecule has 1 aliphatic rings. The van der Waals surface area contributed by atoms with E-state index in [0.717, 1.165) is 5.56 Å². The number of ether oxygens (including phenoxy) is 2. The molecule has 0 saturated carbocycles. The maximum absolute atomic E-state index is 11.3. The van der Waals surface area contributed by atoms with Crippen molar-refractivity contribution in [3.63, 3.8) is 0 Å². The third kappa shape index (κ3) is 3.15. The van der Waals surface area contributed by atoms with Gasteiger partial charge < -0.3 is 14.6 Å². The first-order valence-corrected chi connectivity index (χ1v) is 6.06. The van der Waals surface area contributed by atoms with Crippen LogP contribution in [0.5, 0.6) is 11.5 Å². The Morgan fingerprint density at radius 1 is 1.42 bits per heavy atom. The largest absolute Gasteiger partial charge is 0.504 e. The lowest BCUT2D eigenvalue weighted by Gasteiger charge is -2.09. The lowest BCUT2D eigenvalue weighted by molar-refractivity contribution is -0.123. The van der Waals surface area contributed by atoms with Crippen LogP contribution < -0.4 is 10.1 Å². The molecule has 1 heterocycles. The molecule has 1 saturated heterocycles. The molecule has 6 nitrogen and oxygen atoms in total. The Kier molecular flexibility index (Phi) is 3.89. The SMILES string of the molecule is CCOc1cc(CCC2OC(=O)NC2=O)ccc1O. The molecule has 102 valence electrons. The van der Waals surface area contributed by atoms with E-state index in [1.807, 2.05) is 6.92 Å². The number of alkyl carbamates (subject to hydrolysis) is 1. The molecule has 1 aromatic rings. The fourth-order valence-electron chi connectivity index (χ4n) is 1.87. The lowest BCUT2D eigenvalue weighted by Crippen LogP contribution is -2.24. The Labute approximate surface area is 110 Å². The monoisotopic (exact) mass is 265 g/mol. The van der Waals surface area contributed by atoms with Gasteiger partial charge in [-0.3, -0.25) is 10.1 Å². The number of phenols is 1. The number of cyclic esters (lactones) is 1. The number of carbonyl (C=O) groups excluding carboxylic acids is 2. The maximum Gasteiger partial charge on any atom is 0.414 e. The molecule has 0 bridgehead atoms. The molecule has 1 unspecified atom stereocenters. The summed E-state index contributed by atoms with van der Waals surface area (Å²) in [5.74, 6) is 0.0808. The standard InChI is InChI=1S/C13H15NO5/c1-2-18-11-7-8(3-5-9(11)15)4-6-10-12(16)14-13(17)19-10/h3,5,7,10,15H,2,4,6H2,1H3,(H,14,16,17). The van der Waals surface area contributed by atoms with Crippen LogP contribution in [0, 0.1) is 0 Å². The number of amides is 2. The summed E-state index contributed by atoms with van der Waals surface area (Å²) in [5, 5.41) is 11.6. The Morgan fingerprint density at radius 2 is 2.21 bits per heavy atom. The van der Waals surface area contributed by atoms with Crippen LogP contribution >= 0.6 is 0 Å². The van der Waals surface area contributed by atoms with E-state index < -0.39 is 18.1 Å². The summed E-state index contributed by atoms with van der Waals surface area (Å²) < 4.78 is 10.1. The second-order valence-electron chi connectivity index (χ2n) is 4.16. The highest BCUT2D eigenvalue weighted by atomic mass is 16.6. The van der Waals surface area contributed by atoms with Crippen molar-refractivity contribution in [1.82, 2.24) is 5.32 Å². The van der Waals surface area contributed by atoms with Gasteiger partial charge in [-0.2, -0.15) is 0 Å². The van der Waals surface area contributed by atoms with Gasteiger partial charge >= 0.3 is 6.09 Å². The molecule has 1 atom stereocenters. The molecule has 1 aliphatic heterocycles. The zero-order valence-corrected chi connectivity index (χ0v) is 10.5. The fourth-order valence-corrected chi connectivity index (χ4v) is 1.87. The van der Waals surface area contributed by atoms with Crippen LogP contribution in [0.15, 0.2) is 18.2 Å². The van der Waals surface area contributed by atoms with E-state index in [1.165, 1.54) is 0 Å². The van der Waals surface area contributed by atoms with Gasteiger partial charge in [0.05, 0.1) is 6.61 Å². The second kappa shape index (κ2) is 5.60. The van der Waals surface area contributed by atoms with Crippen molar-refractivity contribution in [2.75, 3.05) is 6.61 Å². The van der Waals surface area contributed by atoms with Crippen LogP contribution in [0.1, 0.15) is 18.9 Å². The van der Waals surface area contributed by atoms with Gasteiger partial charge in [-0.15, -0.1) is 0 Å². The quantitative estimate of drug-likeness (QED) is 0.839. The molecule has 2 amide bonds. The zero-order valence-electron chi connectivity index (χ0n) is 10.5. The molecular formula is C13H15NO5. The number of benzene rings is 1. The van der Waals surface area contributed by atoms with Crippen LogP contribution in [-0.2, 0) is 16.0 Å². The fraction of sp³-hybridized carbons (Fsp3) is 0.385. The molecule has 2 N–H and O–H groups in total. The number of imide groups is 1. The molecule has 0 spiro atoms. The van der Waals surface area contributed by atoms with Crippen molar-refractivity contribution >= 4 is 12.0 Å². The van der Waals surface area contributed by atoms with Crippen molar-refractivity contribution in [2.24, 2.45) is 0 Å². The van der Waals surface area contributed by atoms with Crippen molar-refractivity contribution < 1.29 is 24.2 Å². The first-order valence-electron chi connectivity index (χ1n) is 6.06. The van der Waals surface area contributed by atoms with Crippen LogP contribution in [-0.4, -0.2) is 29.8 Å². The first kappa shape index (κ1) is 13.2. The third-order valence-corrected chi connectivity index (χ3v) is 2.79. The summed E-state index contributed by atoms with van der Waals surface area (Å²) in [7, 11) is 0. The average molecular weight is 265 g/mol. The number of phenolic OH excluding ortho intramolecular Hbond substituents is 1. The number of carbonyl (C=O) groups is 2. The highest BCUT2D eigenvalue weighted by Crippen LogP contribution is 2.27. The molecule has 0 radical (unpaired) electrons. The normalized spacial score (nSPS) is 18.1. The smallest absolute Gasteiger partial charge is 0.414 e. The van der Waals surface area contributed by atoms with Gasteiger partial charge in [0.1, 0.15) is 0 Å². The van der Waals surface area contributed by atoms with E-state index in [9.17, 15) is 14.7 Å². The van der Waals surface area contributed by atoms with Crippen molar-refractivity contribution in [3.05, 3.63) is 23.8 Å². The highest BCUT2D eigenvalue weighted by molar-refractivity contribution is 5.99. The molecule has 19 heavy (non-hydrogen) atoms. The molecular weight excluding hydrogens is 250 g/mol. The minimum absolute atomic E-state index is 0.0793. The van der Waals surface area contributed by atoms with Crippen LogP contribution in [0.4, 0.5) is 4.79 Å². The summed E-state index contributed by atoms with van der Waals surface area (Å²) in [4.78, 5) is 22.2. The van der Waals surface area contributed by atoms with Crippen molar-refractivity contribution in [2.45, 2.75) is 25.9 Å². The Morgan fingerprint density at radius 3 is 2.84 bits per heavy atom.